The van der Waals surface area contributed by atoms with Crippen LogP contribution >= 0.6 is 0 Å². The van der Waals surface area contributed by atoms with E-state index in [1.54, 1.807) is 30.3 Å². The Balaban J connectivity index is 1.93. The zero-order valence-electron chi connectivity index (χ0n) is 13.1. The minimum absolute atomic E-state index is 0.184. The number of hydrogen-bond donors (Lipinski definition) is 1. The molecule has 2 aliphatic rings. The summed E-state index contributed by atoms with van der Waals surface area (Å²) in [6.07, 6.45) is -2.50. The van der Waals surface area contributed by atoms with Gasteiger partial charge in [0.05, 0.1) is 12.3 Å². The second-order valence-electron chi connectivity index (χ2n) is 6.34. The van der Waals surface area contributed by atoms with Gasteiger partial charge in [-0.25, -0.2) is 0 Å². The zero-order valence-corrected chi connectivity index (χ0v) is 13.1. The highest BCUT2D eigenvalue weighted by Gasteiger charge is 2.68. The summed E-state index contributed by atoms with van der Waals surface area (Å²) in [5.41, 5.74) is -2.37. The van der Waals surface area contributed by atoms with Crippen LogP contribution in [0.15, 0.2) is 35.4 Å². The highest BCUT2D eigenvalue weighted by atomic mass is 19.4. The van der Waals surface area contributed by atoms with E-state index in [2.05, 4.69) is 5.10 Å². The Morgan fingerprint density at radius 3 is 2.62 bits per heavy atom. The predicted octanol–water partition coefficient (Wildman–Crippen LogP) is 3.26. The molecule has 1 aliphatic carbocycles. The van der Waals surface area contributed by atoms with E-state index in [1.807, 2.05) is 0 Å². The lowest BCUT2D eigenvalue weighted by Gasteiger charge is -2.37. The highest BCUT2D eigenvalue weighted by Crippen LogP contribution is 2.47. The number of halogens is 3. The third-order valence-corrected chi connectivity index (χ3v) is 4.72. The van der Waals surface area contributed by atoms with E-state index in [1.165, 1.54) is 0 Å². The summed E-state index contributed by atoms with van der Waals surface area (Å²) in [6, 6.07) is 8.49. The van der Waals surface area contributed by atoms with Crippen molar-refractivity contribution in [1.29, 1.82) is 0 Å². The standard InChI is InChI=1S/C17H19F3N2O2/c18-17(19,20)16(24)13-9-5-2-6-10-14(13)21-22(16)15(23)11-12-7-3-1-4-8-12/h1,3-4,7-8,13,24H,2,5-6,9-11H2/t13-,16-/m1/s1. The van der Waals surface area contributed by atoms with Crippen LogP contribution in [0.1, 0.15) is 37.7 Å². The molecule has 0 bridgehead atoms. The Kier molecular flexibility index (Phi) is 4.38. The molecule has 2 atom stereocenters. The van der Waals surface area contributed by atoms with Gasteiger partial charge < -0.3 is 5.11 Å². The summed E-state index contributed by atoms with van der Waals surface area (Å²) < 4.78 is 41.0. The smallest absolute Gasteiger partial charge is 0.362 e. The molecule has 0 spiro atoms. The minimum Gasteiger partial charge on any atom is -0.362 e. The van der Waals surface area contributed by atoms with Gasteiger partial charge in [0.1, 0.15) is 0 Å². The molecule has 3 rings (SSSR count). The number of hydrogen-bond acceptors (Lipinski definition) is 3. The van der Waals surface area contributed by atoms with Gasteiger partial charge in [0.25, 0.3) is 5.72 Å². The monoisotopic (exact) mass is 340 g/mol. The van der Waals surface area contributed by atoms with Crippen molar-refractivity contribution in [3.8, 4) is 0 Å². The molecule has 130 valence electrons. The highest BCUT2D eigenvalue weighted by molar-refractivity contribution is 5.93. The first-order chi connectivity index (χ1) is 11.3. The van der Waals surface area contributed by atoms with E-state index < -0.39 is 23.7 Å². The van der Waals surface area contributed by atoms with E-state index in [4.69, 9.17) is 0 Å². The average Bonchev–Trinajstić information content (AvgIpc) is 2.69. The Morgan fingerprint density at radius 2 is 1.96 bits per heavy atom. The molecule has 1 aromatic rings. The van der Waals surface area contributed by atoms with Gasteiger partial charge in [-0.15, -0.1) is 0 Å². The molecule has 0 unspecified atom stereocenters. The minimum atomic E-state index is -4.96. The molecular weight excluding hydrogens is 321 g/mol. The summed E-state index contributed by atoms with van der Waals surface area (Å²) in [4.78, 5) is 12.5. The van der Waals surface area contributed by atoms with Crippen molar-refractivity contribution in [1.82, 2.24) is 5.01 Å². The quantitative estimate of drug-likeness (QED) is 0.898. The first kappa shape index (κ1) is 17.0. The molecule has 7 heteroatoms. The van der Waals surface area contributed by atoms with E-state index in [0.717, 1.165) is 12.8 Å². The van der Waals surface area contributed by atoms with E-state index in [-0.39, 0.29) is 23.6 Å². The van der Waals surface area contributed by atoms with Crippen LogP contribution in [0.5, 0.6) is 0 Å². The predicted molar refractivity (Wildman–Crippen MR) is 82.0 cm³/mol. The molecule has 1 aromatic carbocycles. The van der Waals surface area contributed by atoms with Crippen LogP contribution in [-0.2, 0) is 11.2 Å². The van der Waals surface area contributed by atoms with Gasteiger partial charge in [-0.1, -0.05) is 43.2 Å². The van der Waals surface area contributed by atoms with Crippen molar-refractivity contribution < 1.29 is 23.1 Å². The van der Waals surface area contributed by atoms with Crippen molar-refractivity contribution in [3.63, 3.8) is 0 Å². The number of hydrazone groups is 1. The molecule has 1 heterocycles. The van der Waals surface area contributed by atoms with Crippen molar-refractivity contribution in [2.45, 2.75) is 50.4 Å². The van der Waals surface area contributed by atoms with Crippen LogP contribution in [0.25, 0.3) is 0 Å². The number of carbonyl (C=O) groups excluding carboxylic acids is 1. The molecule has 1 fully saturated rings. The van der Waals surface area contributed by atoms with E-state index in [9.17, 15) is 23.1 Å². The first-order valence-corrected chi connectivity index (χ1v) is 8.07. The van der Waals surface area contributed by atoms with E-state index in [0.29, 0.717) is 18.4 Å². The number of alkyl halides is 3. The zero-order chi connectivity index (χ0) is 17.4. The third kappa shape index (κ3) is 2.81. The number of amides is 1. The number of benzene rings is 1. The molecular formula is C17H19F3N2O2. The van der Waals surface area contributed by atoms with Crippen molar-refractivity contribution in [3.05, 3.63) is 35.9 Å². The van der Waals surface area contributed by atoms with Gasteiger partial charge in [0, 0.05) is 5.71 Å². The molecule has 1 N–H and O–H groups in total. The number of rotatable bonds is 2. The molecule has 1 aliphatic heterocycles. The van der Waals surface area contributed by atoms with Crippen LogP contribution in [0.2, 0.25) is 0 Å². The fraction of sp³-hybridized carbons (Fsp3) is 0.529. The van der Waals surface area contributed by atoms with Crippen LogP contribution < -0.4 is 0 Å². The van der Waals surface area contributed by atoms with Gasteiger partial charge in [-0.2, -0.15) is 23.3 Å². The molecule has 1 amide bonds. The van der Waals surface area contributed by atoms with Crippen molar-refractivity contribution >= 4 is 11.6 Å². The fourth-order valence-electron chi connectivity index (χ4n) is 3.49. The molecule has 1 saturated carbocycles. The Morgan fingerprint density at radius 1 is 1.25 bits per heavy atom. The average molecular weight is 340 g/mol. The van der Waals surface area contributed by atoms with Crippen LogP contribution in [0.3, 0.4) is 0 Å². The molecule has 24 heavy (non-hydrogen) atoms. The van der Waals surface area contributed by atoms with Crippen molar-refractivity contribution in [2.24, 2.45) is 11.0 Å². The maximum Gasteiger partial charge on any atom is 0.439 e. The second kappa shape index (κ2) is 6.20. The summed E-state index contributed by atoms with van der Waals surface area (Å²) in [5, 5.41) is 14.7. The van der Waals surface area contributed by atoms with Crippen LogP contribution in [-0.4, -0.2) is 33.6 Å². The summed E-state index contributed by atoms with van der Waals surface area (Å²) in [6.45, 7) is 0. The Hall–Kier alpha value is -1.89. The summed E-state index contributed by atoms with van der Waals surface area (Å²) >= 11 is 0. The first-order valence-electron chi connectivity index (χ1n) is 8.07. The fourth-order valence-corrected chi connectivity index (χ4v) is 3.49. The van der Waals surface area contributed by atoms with E-state index >= 15 is 0 Å². The number of aliphatic hydroxyl groups is 1. The van der Waals surface area contributed by atoms with Crippen molar-refractivity contribution in [2.75, 3.05) is 0 Å². The van der Waals surface area contributed by atoms with Crippen LogP contribution in [0.4, 0.5) is 13.2 Å². The molecule has 0 saturated heterocycles. The van der Waals surface area contributed by atoms with Gasteiger partial charge in [0.2, 0.25) is 5.91 Å². The van der Waals surface area contributed by atoms with Gasteiger partial charge in [-0.05, 0) is 24.8 Å². The largest absolute Gasteiger partial charge is 0.439 e. The van der Waals surface area contributed by atoms with Gasteiger partial charge in [0.15, 0.2) is 0 Å². The molecule has 4 nitrogen and oxygen atoms in total. The maximum absolute atomic E-state index is 13.7. The number of nitrogens with zero attached hydrogens (tertiary/aromatic N) is 2. The SMILES string of the molecule is O=C(Cc1ccccc1)N1N=C2CCCCC[C@H]2[C@@]1(O)C(F)(F)F. The van der Waals surface area contributed by atoms with Crippen LogP contribution in [0, 0.1) is 5.92 Å². The number of carbonyl (C=O) groups is 1. The second-order valence-corrected chi connectivity index (χ2v) is 6.34. The summed E-state index contributed by atoms with van der Waals surface area (Å²) in [7, 11) is 0. The lowest BCUT2D eigenvalue weighted by molar-refractivity contribution is -0.316. The molecule has 0 aromatic heterocycles. The third-order valence-electron chi connectivity index (χ3n) is 4.72. The summed E-state index contributed by atoms with van der Waals surface area (Å²) in [5.74, 6) is -2.01. The topological polar surface area (TPSA) is 52.9 Å². The maximum atomic E-state index is 13.7. The lowest BCUT2D eigenvalue weighted by atomic mass is 9.87. The number of fused-ring (bicyclic) bond motifs is 1. The van der Waals surface area contributed by atoms with Gasteiger partial charge >= 0.3 is 6.18 Å². The lowest BCUT2D eigenvalue weighted by Crippen LogP contribution is -2.61. The molecule has 0 radical (unpaired) electrons. The Bertz CT molecular complexity index is 645. The normalized spacial score (nSPS) is 27.4. The Labute approximate surface area is 138 Å². The van der Waals surface area contributed by atoms with Gasteiger partial charge in [-0.3, -0.25) is 4.79 Å².